The Bertz CT molecular complexity index is 1340. The Morgan fingerprint density at radius 1 is 0.688 bits per heavy atom. The molecule has 0 aliphatic heterocycles. The number of allylic oxidation sites excluding steroid dienone is 1. The van der Waals surface area contributed by atoms with Crippen LogP contribution >= 0.6 is 0 Å². The van der Waals surface area contributed by atoms with Crippen LogP contribution in [-0.4, -0.2) is 12.3 Å². The first kappa shape index (κ1) is 36.7. The molecule has 5 rings (SSSR count). The van der Waals surface area contributed by atoms with E-state index in [0.29, 0.717) is 36.8 Å². The summed E-state index contributed by atoms with van der Waals surface area (Å²) < 4.78 is 116. The number of hydrogen-bond acceptors (Lipinski definition) is 1. The van der Waals surface area contributed by atoms with E-state index >= 15 is 13.2 Å². The zero-order valence-electron chi connectivity index (χ0n) is 27.8. The first-order chi connectivity index (χ1) is 22.8. The van der Waals surface area contributed by atoms with Crippen LogP contribution in [0.1, 0.15) is 138 Å². The second kappa shape index (κ2) is 16.0. The van der Waals surface area contributed by atoms with Gasteiger partial charge in [0.25, 0.3) is 0 Å². The normalized spacial score (nSPS) is 27.4. The number of ether oxygens (including phenoxy) is 1. The Morgan fingerprint density at radius 2 is 1.27 bits per heavy atom. The monoisotopic (exact) mass is 684 g/mol. The van der Waals surface area contributed by atoms with Gasteiger partial charge >= 0.3 is 12.3 Å². The summed E-state index contributed by atoms with van der Waals surface area (Å²) in [5.74, 6) is -2.80. The summed E-state index contributed by atoms with van der Waals surface area (Å²) in [7, 11) is 0. The fourth-order valence-corrected chi connectivity index (χ4v) is 8.62. The standard InChI is InChI=1S/C39H48F8O/c1-2-3-4-5-25-6-8-28(9-7-25)30-16-19-33(35(40)22-30)29-12-10-26(11-13-29)27-14-17-31(18-15-27)39(46,47)48-32-23-36(41)34(37(42)24-32)20-21-38(43,44)45/h16,19-29,31H,2-15,17-18H2,1H3/b21-20+. The zero-order chi connectivity index (χ0) is 34.5. The molecule has 1 nitrogen and oxygen atoms in total. The Hall–Kier alpha value is -2.58. The molecule has 0 heterocycles. The molecule has 2 aromatic carbocycles. The number of alkyl halides is 5. The van der Waals surface area contributed by atoms with Crippen LogP contribution in [0.4, 0.5) is 35.1 Å². The van der Waals surface area contributed by atoms with Crippen LogP contribution in [0.2, 0.25) is 0 Å². The Kier molecular flexibility index (Phi) is 12.2. The van der Waals surface area contributed by atoms with E-state index in [1.165, 1.54) is 38.5 Å². The van der Waals surface area contributed by atoms with Crippen molar-refractivity contribution in [3.05, 3.63) is 70.5 Å². The summed E-state index contributed by atoms with van der Waals surface area (Å²) in [6, 6.07) is 6.87. The molecule has 0 spiro atoms. The minimum atomic E-state index is -4.78. The summed E-state index contributed by atoms with van der Waals surface area (Å²) in [6.45, 7) is 2.23. The fourth-order valence-electron chi connectivity index (χ4n) is 8.62. The SMILES string of the molecule is CCCCCC1CCC(c2ccc(C3CCC(C4CCC(C(F)(F)Oc5cc(F)c(/C=C/C(F)(F)F)c(F)c5)CC4)CC3)c(F)c2)CC1. The lowest BCUT2D eigenvalue weighted by molar-refractivity contribution is -0.224. The van der Waals surface area contributed by atoms with Gasteiger partial charge in [-0.1, -0.05) is 44.7 Å². The number of rotatable bonds is 11. The average molecular weight is 685 g/mol. The van der Waals surface area contributed by atoms with Gasteiger partial charge in [0.05, 0.1) is 5.92 Å². The van der Waals surface area contributed by atoms with Crippen LogP contribution < -0.4 is 4.74 Å². The second-order valence-electron chi connectivity index (χ2n) is 14.6. The maximum Gasteiger partial charge on any atom is 0.409 e. The summed E-state index contributed by atoms with van der Waals surface area (Å²) in [5, 5.41) is 0. The van der Waals surface area contributed by atoms with E-state index < -0.39 is 41.2 Å². The van der Waals surface area contributed by atoms with Gasteiger partial charge < -0.3 is 4.74 Å². The van der Waals surface area contributed by atoms with E-state index in [0.717, 1.165) is 55.6 Å². The van der Waals surface area contributed by atoms with Gasteiger partial charge in [0.15, 0.2) is 0 Å². The van der Waals surface area contributed by atoms with Crippen LogP contribution in [0.25, 0.3) is 6.08 Å². The molecule has 0 aromatic heterocycles. The molecule has 9 heteroatoms. The highest BCUT2D eigenvalue weighted by Crippen LogP contribution is 2.48. The predicted molar refractivity (Wildman–Crippen MR) is 172 cm³/mol. The molecule has 0 bridgehead atoms. The lowest BCUT2D eigenvalue weighted by Gasteiger charge is -2.39. The molecule has 0 N–H and O–H groups in total. The van der Waals surface area contributed by atoms with Gasteiger partial charge in [0, 0.05) is 23.8 Å². The number of halogens is 8. The topological polar surface area (TPSA) is 9.23 Å². The lowest BCUT2D eigenvalue weighted by Crippen LogP contribution is -2.38. The van der Waals surface area contributed by atoms with E-state index in [1.807, 2.05) is 6.07 Å². The van der Waals surface area contributed by atoms with Gasteiger partial charge in [-0.05, 0) is 130 Å². The van der Waals surface area contributed by atoms with Gasteiger partial charge in [-0.25, -0.2) is 13.2 Å². The van der Waals surface area contributed by atoms with Crippen LogP contribution in [-0.2, 0) is 0 Å². The smallest absolute Gasteiger partial charge is 0.409 e. The zero-order valence-corrected chi connectivity index (χ0v) is 27.8. The van der Waals surface area contributed by atoms with Crippen LogP contribution in [0.5, 0.6) is 5.75 Å². The van der Waals surface area contributed by atoms with Crippen molar-refractivity contribution in [2.45, 2.75) is 134 Å². The van der Waals surface area contributed by atoms with Crippen molar-refractivity contribution in [1.29, 1.82) is 0 Å². The van der Waals surface area contributed by atoms with Crippen molar-refractivity contribution in [2.24, 2.45) is 23.7 Å². The average Bonchev–Trinajstić information content (AvgIpc) is 3.04. The molecule has 3 fully saturated rings. The third kappa shape index (κ3) is 9.56. The highest BCUT2D eigenvalue weighted by molar-refractivity contribution is 5.53. The summed E-state index contributed by atoms with van der Waals surface area (Å²) >= 11 is 0. The van der Waals surface area contributed by atoms with E-state index in [1.54, 1.807) is 6.07 Å². The third-order valence-corrected chi connectivity index (χ3v) is 11.4. The molecule has 0 amide bonds. The van der Waals surface area contributed by atoms with E-state index in [-0.39, 0.29) is 42.6 Å². The van der Waals surface area contributed by atoms with E-state index in [2.05, 4.69) is 13.0 Å². The number of benzene rings is 2. The van der Waals surface area contributed by atoms with Gasteiger partial charge in [-0.3, -0.25) is 0 Å². The van der Waals surface area contributed by atoms with Crippen molar-refractivity contribution in [3.8, 4) is 5.75 Å². The molecule has 3 aliphatic carbocycles. The Morgan fingerprint density at radius 3 is 1.83 bits per heavy atom. The molecule has 2 aromatic rings. The molecule has 0 saturated heterocycles. The Labute approximate surface area is 279 Å². The van der Waals surface area contributed by atoms with Crippen molar-refractivity contribution in [1.82, 2.24) is 0 Å². The molecule has 0 atom stereocenters. The number of unbranched alkanes of at least 4 members (excludes halogenated alkanes) is 2. The quantitative estimate of drug-likeness (QED) is 0.169. The molecule has 0 radical (unpaired) electrons. The largest absolute Gasteiger partial charge is 0.432 e. The van der Waals surface area contributed by atoms with Crippen molar-refractivity contribution in [2.75, 3.05) is 0 Å². The highest BCUT2D eigenvalue weighted by atomic mass is 19.4. The van der Waals surface area contributed by atoms with Gasteiger partial charge in [-0.15, -0.1) is 0 Å². The first-order valence-corrected chi connectivity index (χ1v) is 17.9. The number of hydrogen-bond donors (Lipinski definition) is 0. The minimum absolute atomic E-state index is 0.101. The summed E-state index contributed by atoms with van der Waals surface area (Å²) in [5.41, 5.74) is 0.937. The molecule has 3 aliphatic rings. The molecular weight excluding hydrogens is 636 g/mol. The van der Waals surface area contributed by atoms with E-state index in [4.69, 9.17) is 4.74 Å². The maximum absolute atomic E-state index is 15.4. The molecule has 266 valence electrons. The molecular formula is C39H48F8O. The van der Waals surface area contributed by atoms with E-state index in [9.17, 15) is 22.0 Å². The highest BCUT2D eigenvalue weighted by Gasteiger charge is 2.45. The molecule has 0 unspecified atom stereocenters. The van der Waals surface area contributed by atoms with Crippen molar-refractivity contribution >= 4 is 6.08 Å². The van der Waals surface area contributed by atoms with Gasteiger partial charge in [0.2, 0.25) is 0 Å². The lowest BCUT2D eigenvalue weighted by atomic mass is 9.68. The summed E-state index contributed by atoms with van der Waals surface area (Å²) in [4.78, 5) is 0. The van der Waals surface area contributed by atoms with Gasteiger partial charge in [0.1, 0.15) is 23.2 Å². The van der Waals surface area contributed by atoms with Crippen molar-refractivity contribution < 1.29 is 39.9 Å². The first-order valence-electron chi connectivity index (χ1n) is 17.9. The predicted octanol–water partition coefficient (Wildman–Crippen LogP) is 13.3. The fraction of sp³-hybridized carbons (Fsp3) is 0.641. The third-order valence-electron chi connectivity index (χ3n) is 11.4. The molecule has 48 heavy (non-hydrogen) atoms. The van der Waals surface area contributed by atoms with Gasteiger partial charge in [-0.2, -0.15) is 22.0 Å². The van der Waals surface area contributed by atoms with Crippen LogP contribution in [0.15, 0.2) is 36.4 Å². The maximum atomic E-state index is 15.4. The summed E-state index contributed by atoms with van der Waals surface area (Å²) in [6.07, 6.45) is 6.44. The van der Waals surface area contributed by atoms with Crippen LogP contribution in [0.3, 0.4) is 0 Å². The minimum Gasteiger partial charge on any atom is -0.432 e. The Balaban J connectivity index is 1.08. The molecule has 3 saturated carbocycles. The second-order valence-corrected chi connectivity index (χ2v) is 14.6. The van der Waals surface area contributed by atoms with Crippen molar-refractivity contribution in [3.63, 3.8) is 0 Å². The van der Waals surface area contributed by atoms with Crippen LogP contribution in [0, 0.1) is 41.1 Å².